The molecule has 0 spiro atoms. The molecular weight excluding hydrogens is 224 g/mol. The average molecular weight is 248 g/mol. The van der Waals surface area contributed by atoms with Gasteiger partial charge in [-0.1, -0.05) is 37.2 Å². The summed E-state index contributed by atoms with van der Waals surface area (Å²) in [4.78, 5) is 7.62. The first-order valence-corrected chi connectivity index (χ1v) is 6.63. The van der Waals surface area contributed by atoms with Gasteiger partial charge in [0, 0.05) is 12.1 Å². The molecule has 18 heavy (non-hydrogen) atoms. The van der Waals surface area contributed by atoms with Crippen molar-refractivity contribution in [1.29, 1.82) is 0 Å². The predicted octanol–water partition coefficient (Wildman–Crippen LogP) is 3.00. The van der Waals surface area contributed by atoms with Gasteiger partial charge in [-0.05, 0) is 38.1 Å². The van der Waals surface area contributed by atoms with Crippen LogP contribution in [-0.4, -0.2) is 37.4 Å². The van der Waals surface area contributed by atoms with Gasteiger partial charge in [-0.15, -0.1) is 0 Å². The van der Waals surface area contributed by atoms with Crippen LogP contribution < -0.4 is 0 Å². The van der Waals surface area contributed by atoms with E-state index in [-0.39, 0.29) is 0 Å². The summed E-state index contributed by atoms with van der Waals surface area (Å²) in [6.45, 7) is 12.2. The molecule has 0 amide bonds. The first kappa shape index (κ1) is 14.7. The SMILES string of the molecule is CCN(CC)CCO/N=C\c1c(C)cccc1C. The molecule has 1 aromatic rings. The summed E-state index contributed by atoms with van der Waals surface area (Å²) in [5.41, 5.74) is 3.61. The van der Waals surface area contributed by atoms with E-state index in [1.54, 1.807) is 0 Å². The molecule has 0 aliphatic carbocycles. The minimum Gasteiger partial charge on any atom is -0.394 e. The highest BCUT2D eigenvalue weighted by atomic mass is 16.6. The second-order valence-electron chi connectivity index (χ2n) is 4.40. The lowest BCUT2D eigenvalue weighted by Crippen LogP contribution is -2.26. The molecule has 0 radical (unpaired) electrons. The Morgan fingerprint density at radius 1 is 1.17 bits per heavy atom. The molecule has 0 aliphatic heterocycles. The Labute approximate surface area is 110 Å². The van der Waals surface area contributed by atoms with Crippen LogP contribution in [0.3, 0.4) is 0 Å². The standard InChI is InChI=1S/C15H24N2O/c1-5-17(6-2)10-11-18-16-12-15-13(3)8-7-9-14(15)4/h7-9,12H,5-6,10-11H2,1-4H3/b16-12-. The zero-order valence-electron chi connectivity index (χ0n) is 11.9. The van der Waals surface area contributed by atoms with Crippen LogP contribution in [0.4, 0.5) is 0 Å². The van der Waals surface area contributed by atoms with Crippen LogP contribution in [-0.2, 0) is 4.84 Å². The van der Waals surface area contributed by atoms with E-state index in [0.717, 1.165) is 25.2 Å². The van der Waals surface area contributed by atoms with Gasteiger partial charge >= 0.3 is 0 Å². The second kappa shape index (κ2) is 7.88. The Morgan fingerprint density at radius 3 is 2.33 bits per heavy atom. The summed E-state index contributed by atoms with van der Waals surface area (Å²) in [6.07, 6.45) is 1.81. The third-order valence-corrected chi connectivity index (χ3v) is 3.19. The fourth-order valence-electron chi connectivity index (χ4n) is 1.88. The van der Waals surface area contributed by atoms with Crippen molar-refractivity contribution in [3.05, 3.63) is 34.9 Å². The summed E-state index contributed by atoms with van der Waals surface area (Å²) in [5, 5.41) is 4.05. The molecule has 1 aromatic carbocycles. The smallest absolute Gasteiger partial charge is 0.129 e. The molecule has 1 rings (SSSR count). The maximum Gasteiger partial charge on any atom is 0.129 e. The van der Waals surface area contributed by atoms with E-state index in [4.69, 9.17) is 4.84 Å². The molecule has 0 fully saturated rings. The Morgan fingerprint density at radius 2 is 1.78 bits per heavy atom. The van der Waals surface area contributed by atoms with Gasteiger partial charge in [0.05, 0.1) is 6.21 Å². The summed E-state index contributed by atoms with van der Waals surface area (Å²) < 4.78 is 0. The van der Waals surface area contributed by atoms with E-state index in [1.165, 1.54) is 11.1 Å². The van der Waals surface area contributed by atoms with E-state index in [9.17, 15) is 0 Å². The number of nitrogens with zero attached hydrogens (tertiary/aromatic N) is 2. The van der Waals surface area contributed by atoms with Gasteiger partial charge in [-0.3, -0.25) is 0 Å². The lowest BCUT2D eigenvalue weighted by molar-refractivity contribution is 0.115. The third kappa shape index (κ3) is 4.49. The van der Waals surface area contributed by atoms with Crippen molar-refractivity contribution >= 4 is 6.21 Å². The average Bonchev–Trinajstić information content (AvgIpc) is 2.37. The molecule has 0 saturated carbocycles. The minimum absolute atomic E-state index is 0.642. The highest BCUT2D eigenvalue weighted by Gasteiger charge is 1.99. The highest BCUT2D eigenvalue weighted by molar-refractivity contribution is 5.83. The third-order valence-electron chi connectivity index (χ3n) is 3.19. The van der Waals surface area contributed by atoms with Crippen molar-refractivity contribution in [3.8, 4) is 0 Å². The number of likely N-dealkylation sites (N-methyl/N-ethyl adjacent to an activating group) is 1. The van der Waals surface area contributed by atoms with Crippen molar-refractivity contribution in [2.24, 2.45) is 5.16 Å². The molecule has 0 unspecified atom stereocenters. The van der Waals surface area contributed by atoms with Gasteiger partial charge in [0.15, 0.2) is 0 Å². The van der Waals surface area contributed by atoms with Crippen LogP contribution in [0.25, 0.3) is 0 Å². The number of rotatable bonds is 7. The van der Waals surface area contributed by atoms with Gasteiger partial charge in [0.2, 0.25) is 0 Å². The lowest BCUT2D eigenvalue weighted by atomic mass is 10.0. The lowest BCUT2D eigenvalue weighted by Gasteiger charge is -2.16. The van der Waals surface area contributed by atoms with Gasteiger partial charge in [0.1, 0.15) is 6.61 Å². The zero-order chi connectivity index (χ0) is 13.4. The number of oxime groups is 1. The monoisotopic (exact) mass is 248 g/mol. The molecule has 3 heteroatoms. The van der Waals surface area contributed by atoms with Crippen molar-refractivity contribution < 1.29 is 4.84 Å². The van der Waals surface area contributed by atoms with E-state index < -0.39 is 0 Å². The number of hydrogen-bond acceptors (Lipinski definition) is 3. The van der Waals surface area contributed by atoms with Crippen LogP contribution in [0.1, 0.15) is 30.5 Å². The molecule has 0 aromatic heterocycles. The summed E-state index contributed by atoms with van der Waals surface area (Å²) in [5.74, 6) is 0. The summed E-state index contributed by atoms with van der Waals surface area (Å²) in [7, 11) is 0. The molecule has 0 bridgehead atoms. The Kier molecular flexibility index (Phi) is 6.44. The molecule has 3 nitrogen and oxygen atoms in total. The molecule has 0 N–H and O–H groups in total. The molecule has 0 aliphatic rings. The maximum atomic E-state index is 5.31. The van der Waals surface area contributed by atoms with Crippen LogP contribution in [0.2, 0.25) is 0 Å². The van der Waals surface area contributed by atoms with Crippen molar-refractivity contribution in [3.63, 3.8) is 0 Å². The normalized spacial score (nSPS) is 11.4. The first-order valence-electron chi connectivity index (χ1n) is 6.63. The fraction of sp³-hybridized carbons (Fsp3) is 0.533. The molecule has 100 valence electrons. The number of benzene rings is 1. The second-order valence-corrected chi connectivity index (χ2v) is 4.40. The molecule has 0 atom stereocenters. The first-order chi connectivity index (χ1) is 8.69. The van der Waals surface area contributed by atoms with Gasteiger partial charge < -0.3 is 9.74 Å². The zero-order valence-corrected chi connectivity index (χ0v) is 11.9. The van der Waals surface area contributed by atoms with Crippen LogP contribution in [0.5, 0.6) is 0 Å². The topological polar surface area (TPSA) is 24.8 Å². The fourth-order valence-corrected chi connectivity index (χ4v) is 1.88. The maximum absolute atomic E-state index is 5.31. The van der Waals surface area contributed by atoms with Crippen molar-refractivity contribution in [1.82, 2.24) is 4.90 Å². The van der Waals surface area contributed by atoms with E-state index in [0.29, 0.717) is 6.61 Å². The quantitative estimate of drug-likeness (QED) is 0.421. The van der Waals surface area contributed by atoms with Crippen molar-refractivity contribution in [2.45, 2.75) is 27.7 Å². The van der Waals surface area contributed by atoms with Crippen LogP contribution >= 0.6 is 0 Å². The highest BCUT2D eigenvalue weighted by Crippen LogP contribution is 2.10. The summed E-state index contributed by atoms with van der Waals surface area (Å²) >= 11 is 0. The molecular formula is C15H24N2O. The molecule has 0 heterocycles. The van der Waals surface area contributed by atoms with Gasteiger partial charge in [-0.2, -0.15) is 0 Å². The number of aryl methyl sites for hydroxylation is 2. The van der Waals surface area contributed by atoms with E-state index >= 15 is 0 Å². The van der Waals surface area contributed by atoms with E-state index in [2.05, 4.69) is 55.9 Å². The van der Waals surface area contributed by atoms with E-state index in [1.807, 2.05) is 6.21 Å². The summed E-state index contributed by atoms with van der Waals surface area (Å²) in [6, 6.07) is 6.23. The Bertz CT molecular complexity index is 364. The minimum atomic E-state index is 0.642. The van der Waals surface area contributed by atoms with Crippen LogP contribution in [0.15, 0.2) is 23.4 Å². The van der Waals surface area contributed by atoms with Gasteiger partial charge in [0.25, 0.3) is 0 Å². The van der Waals surface area contributed by atoms with Gasteiger partial charge in [-0.25, -0.2) is 0 Å². The molecule has 0 saturated heterocycles. The predicted molar refractivity (Wildman–Crippen MR) is 77.3 cm³/mol. The van der Waals surface area contributed by atoms with Crippen LogP contribution in [0, 0.1) is 13.8 Å². The van der Waals surface area contributed by atoms with Crippen molar-refractivity contribution in [2.75, 3.05) is 26.2 Å². The Balaban J connectivity index is 2.41. The Hall–Kier alpha value is -1.35. The largest absolute Gasteiger partial charge is 0.394 e. The number of hydrogen-bond donors (Lipinski definition) is 0.